The fourth-order valence-electron chi connectivity index (χ4n) is 2.27. The van der Waals surface area contributed by atoms with Gasteiger partial charge in [0.05, 0.1) is 16.9 Å². The van der Waals surface area contributed by atoms with Crippen LogP contribution in [-0.4, -0.2) is 11.5 Å². The molecule has 0 amide bonds. The van der Waals surface area contributed by atoms with Crippen LogP contribution in [0.25, 0.3) is 0 Å². The molecular formula is C16H16FN3. The van der Waals surface area contributed by atoms with E-state index in [4.69, 9.17) is 0 Å². The highest BCUT2D eigenvalue weighted by Gasteiger charge is 2.15. The number of hydrogen-bond acceptors (Lipinski definition) is 3. The van der Waals surface area contributed by atoms with Crippen molar-refractivity contribution in [3.63, 3.8) is 0 Å². The zero-order valence-electron chi connectivity index (χ0n) is 11.8. The number of anilines is 2. The second-order valence-electron chi connectivity index (χ2n) is 4.58. The smallest absolute Gasteiger partial charge is 0.123 e. The molecule has 102 valence electrons. The minimum Gasteiger partial charge on any atom is -0.341 e. The van der Waals surface area contributed by atoms with Gasteiger partial charge in [0.25, 0.3) is 0 Å². The molecule has 0 saturated carbocycles. The Bertz CT molecular complexity index is 657. The number of pyridine rings is 1. The first-order chi connectivity index (χ1) is 9.56. The molecule has 0 bridgehead atoms. The van der Waals surface area contributed by atoms with E-state index in [9.17, 15) is 9.65 Å². The van der Waals surface area contributed by atoms with Crippen LogP contribution in [0.2, 0.25) is 0 Å². The molecule has 4 heteroatoms. The van der Waals surface area contributed by atoms with Crippen LogP contribution in [0, 0.1) is 31.0 Å². The minimum atomic E-state index is -0.271. The van der Waals surface area contributed by atoms with Crippen LogP contribution in [0.5, 0.6) is 0 Å². The van der Waals surface area contributed by atoms with E-state index in [1.807, 2.05) is 31.7 Å². The van der Waals surface area contributed by atoms with Crippen molar-refractivity contribution in [2.24, 2.45) is 0 Å². The van der Waals surface area contributed by atoms with Crippen molar-refractivity contribution in [2.45, 2.75) is 20.8 Å². The molecule has 0 spiro atoms. The van der Waals surface area contributed by atoms with Gasteiger partial charge in [0.1, 0.15) is 11.9 Å². The van der Waals surface area contributed by atoms with Crippen molar-refractivity contribution in [3.8, 4) is 6.07 Å². The summed E-state index contributed by atoms with van der Waals surface area (Å²) in [5.41, 5.74) is 3.80. The molecule has 2 rings (SSSR count). The van der Waals surface area contributed by atoms with Crippen LogP contribution < -0.4 is 4.90 Å². The quantitative estimate of drug-likeness (QED) is 0.849. The predicted octanol–water partition coefficient (Wildman–Crippen LogP) is 3.87. The van der Waals surface area contributed by atoms with Crippen molar-refractivity contribution in [2.75, 3.05) is 11.4 Å². The van der Waals surface area contributed by atoms with E-state index >= 15 is 0 Å². The second kappa shape index (κ2) is 5.70. The summed E-state index contributed by atoms with van der Waals surface area (Å²) in [6, 6.07) is 10.4. The summed E-state index contributed by atoms with van der Waals surface area (Å²) in [5, 5.41) is 9.35. The Morgan fingerprint density at radius 1 is 1.25 bits per heavy atom. The predicted molar refractivity (Wildman–Crippen MR) is 77.5 cm³/mol. The normalized spacial score (nSPS) is 10.2. The number of aryl methyl sites for hydroxylation is 2. The first-order valence-electron chi connectivity index (χ1n) is 6.48. The molecular weight excluding hydrogens is 253 g/mol. The highest BCUT2D eigenvalue weighted by Crippen LogP contribution is 2.30. The summed E-state index contributed by atoms with van der Waals surface area (Å²) in [7, 11) is 0. The van der Waals surface area contributed by atoms with E-state index in [1.54, 1.807) is 12.1 Å². The van der Waals surface area contributed by atoms with Gasteiger partial charge in [-0.2, -0.15) is 5.26 Å². The third kappa shape index (κ3) is 2.62. The van der Waals surface area contributed by atoms with Crippen LogP contribution in [0.3, 0.4) is 0 Å². The Hall–Kier alpha value is -2.41. The molecule has 0 saturated heterocycles. The third-order valence-corrected chi connectivity index (χ3v) is 3.16. The maximum Gasteiger partial charge on any atom is 0.123 e. The van der Waals surface area contributed by atoms with Gasteiger partial charge in [-0.3, -0.25) is 4.98 Å². The zero-order chi connectivity index (χ0) is 14.7. The molecule has 2 aromatic rings. The lowest BCUT2D eigenvalue weighted by atomic mass is 10.1. The average Bonchev–Trinajstić information content (AvgIpc) is 2.41. The van der Waals surface area contributed by atoms with Crippen molar-refractivity contribution in [1.82, 2.24) is 4.98 Å². The molecule has 0 fully saturated rings. The van der Waals surface area contributed by atoms with E-state index in [2.05, 4.69) is 11.1 Å². The lowest BCUT2D eigenvalue weighted by Crippen LogP contribution is -2.18. The van der Waals surface area contributed by atoms with Gasteiger partial charge in [-0.15, -0.1) is 0 Å². The lowest BCUT2D eigenvalue weighted by molar-refractivity contribution is 0.628. The van der Waals surface area contributed by atoms with E-state index < -0.39 is 0 Å². The van der Waals surface area contributed by atoms with E-state index in [-0.39, 0.29) is 5.82 Å². The fraction of sp³-hybridized carbons (Fsp3) is 0.250. The maximum atomic E-state index is 13.0. The monoisotopic (exact) mass is 269 g/mol. The summed E-state index contributed by atoms with van der Waals surface area (Å²) in [6.07, 6.45) is 0. The molecule has 1 aromatic carbocycles. The van der Waals surface area contributed by atoms with Crippen molar-refractivity contribution in [3.05, 3.63) is 53.1 Å². The van der Waals surface area contributed by atoms with Crippen LogP contribution in [0.4, 0.5) is 15.8 Å². The molecule has 1 heterocycles. The van der Waals surface area contributed by atoms with Crippen LogP contribution in [0.15, 0.2) is 30.3 Å². The van der Waals surface area contributed by atoms with Gasteiger partial charge in [0, 0.05) is 17.9 Å². The number of nitriles is 1. The zero-order valence-corrected chi connectivity index (χ0v) is 11.8. The Labute approximate surface area is 118 Å². The number of nitrogens with zero attached hydrogens (tertiary/aromatic N) is 3. The molecule has 0 radical (unpaired) electrons. The summed E-state index contributed by atoms with van der Waals surface area (Å²) in [5.74, 6) is -0.271. The van der Waals surface area contributed by atoms with E-state index in [0.29, 0.717) is 17.8 Å². The lowest BCUT2D eigenvalue weighted by Gasteiger charge is -2.25. The SMILES string of the molecule is CCN(c1ccc(F)cc1)c1cc(C)nc(C)c1C#N. The Kier molecular flexibility index (Phi) is 3.99. The van der Waals surface area contributed by atoms with Crippen LogP contribution >= 0.6 is 0 Å². The second-order valence-corrected chi connectivity index (χ2v) is 4.58. The van der Waals surface area contributed by atoms with Crippen LogP contribution in [-0.2, 0) is 0 Å². The average molecular weight is 269 g/mol. The van der Waals surface area contributed by atoms with Gasteiger partial charge >= 0.3 is 0 Å². The molecule has 0 unspecified atom stereocenters. The van der Waals surface area contributed by atoms with Crippen molar-refractivity contribution >= 4 is 11.4 Å². The summed E-state index contributed by atoms with van der Waals surface area (Å²) >= 11 is 0. The van der Waals surface area contributed by atoms with Gasteiger partial charge in [0.15, 0.2) is 0 Å². The van der Waals surface area contributed by atoms with Crippen molar-refractivity contribution < 1.29 is 4.39 Å². The Morgan fingerprint density at radius 2 is 1.90 bits per heavy atom. The number of hydrogen-bond donors (Lipinski definition) is 0. The number of rotatable bonds is 3. The van der Waals surface area contributed by atoms with Gasteiger partial charge in [-0.1, -0.05) is 0 Å². The van der Waals surface area contributed by atoms with Gasteiger partial charge in [-0.25, -0.2) is 4.39 Å². The molecule has 1 aromatic heterocycles. The Balaban J connectivity index is 2.58. The number of aromatic nitrogens is 1. The number of benzene rings is 1. The first kappa shape index (κ1) is 14.0. The third-order valence-electron chi connectivity index (χ3n) is 3.16. The standard InChI is InChI=1S/C16H16FN3/c1-4-20(14-7-5-13(17)6-8-14)16-9-11(2)19-12(3)15(16)10-18/h5-9H,4H2,1-3H3. The molecule has 0 aliphatic carbocycles. The highest BCUT2D eigenvalue weighted by atomic mass is 19.1. The minimum absolute atomic E-state index is 0.271. The first-order valence-corrected chi connectivity index (χ1v) is 6.48. The van der Waals surface area contributed by atoms with E-state index in [0.717, 1.165) is 17.1 Å². The van der Waals surface area contributed by atoms with Gasteiger partial charge in [-0.05, 0) is 51.1 Å². The molecule has 3 nitrogen and oxygen atoms in total. The van der Waals surface area contributed by atoms with Crippen LogP contribution in [0.1, 0.15) is 23.9 Å². The largest absolute Gasteiger partial charge is 0.341 e. The summed E-state index contributed by atoms with van der Waals surface area (Å²) in [6.45, 7) is 6.41. The molecule has 0 N–H and O–H groups in total. The highest BCUT2D eigenvalue weighted by molar-refractivity contribution is 5.70. The molecule has 20 heavy (non-hydrogen) atoms. The summed E-state index contributed by atoms with van der Waals surface area (Å²) < 4.78 is 13.0. The van der Waals surface area contributed by atoms with Gasteiger partial charge in [0.2, 0.25) is 0 Å². The van der Waals surface area contributed by atoms with E-state index in [1.165, 1.54) is 12.1 Å². The molecule has 0 aliphatic heterocycles. The summed E-state index contributed by atoms with van der Waals surface area (Å²) in [4.78, 5) is 6.31. The topological polar surface area (TPSA) is 39.9 Å². The number of halogens is 1. The Morgan fingerprint density at radius 3 is 2.45 bits per heavy atom. The molecule has 0 atom stereocenters. The fourth-order valence-corrected chi connectivity index (χ4v) is 2.27. The van der Waals surface area contributed by atoms with Gasteiger partial charge < -0.3 is 4.90 Å². The molecule has 0 aliphatic rings. The van der Waals surface area contributed by atoms with Crippen molar-refractivity contribution in [1.29, 1.82) is 5.26 Å². The maximum absolute atomic E-state index is 13.0.